The van der Waals surface area contributed by atoms with Crippen molar-refractivity contribution in [3.8, 4) is 0 Å². The summed E-state index contributed by atoms with van der Waals surface area (Å²) in [5, 5.41) is 0. The molecule has 0 bridgehead atoms. The first-order chi connectivity index (χ1) is 8.95. The molecular weight excluding hydrogens is 300 g/mol. The SMILES string of the molecule is CCC(c1ccc(Br)cc1)N(C)CCC(N)C(C)C. The van der Waals surface area contributed by atoms with E-state index in [1.54, 1.807) is 0 Å². The number of benzene rings is 1. The van der Waals surface area contributed by atoms with Gasteiger partial charge in [0.2, 0.25) is 0 Å². The minimum absolute atomic E-state index is 0.296. The zero-order valence-electron chi connectivity index (χ0n) is 12.6. The summed E-state index contributed by atoms with van der Waals surface area (Å²) in [6.07, 6.45) is 2.18. The van der Waals surface area contributed by atoms with Gasteiger partial charge in [0.1, 0.15) is 0 Å². The quantitative estimate of drug-likeness (QED) is 0.813. The van der Waals surface area contributed by atoms with E-state index in [4.69, 9.17) is 5.73 Å². The van der Waals surface area contributed by atoms with Crippen LogP contribution in [0.25, 0.3) is 0 Å². The van der Waals surface area contributed by atoms with Gasteiger partial charge in [0.25, 0.3) is 0 Å². The molecular formula is C16H27BrN2. The Labute approximate surface area is 126 Å². The molecule has 0 amide bonds. The van der Waals surface area contributed by atoms with Crippen LogP contribution < -0.4 is 5.73 Å². The fraction of sp³-hybridized carbons (Fsp3) is 0.625. The van der Waals surface area contributed by atoms with E-state index < -0.39 is 0 Å². The van der Waals surface area contributed by atoms with Gasteiger partial charge in [-0.1, -0.05) is 48.8 Å². The summed E-state index contributed by atoms with van der Waals surface area (Å²) in [5.41, 5.74) is 7.51. The average Bonchev–Trinajstić information content (AvgIpc) is 2.38. The summed E-state index contributed by atoms with van der Waals surface area (Å²) in [7, 11) is 2.20. The van der Waals surface area contributed by atoms with E-state index >= 15 is 0 Å². The molecule has 1 rings (SSSR count). The lowest BCUT2D eigenvalue weighted by atomic mass is 10.00. The first-order valence-electron chi connectivity index (χ1n) is 7.17. The molecule has 1 aromatic rings. The van der Waals surface area contributed by atoms with Crippen LogP contribution in [-0.4, -0.2) is 24.5 Å². The van der Waals surface area contributed by atoms with E-state index in [0.29, 0.717) is 18.0 Å². The van der Waals surface area contributed by atoms with Gasteiger partial charge in [0, 0.05) is 16.6 Å². The van der Waals surface area contributed by atoms with Gasteiger partial charge in [-0.05, 0) is 50.0 Å². The minimum Gasteiger partial charge on any atom is -0.327 e. The molecule has 2 N–H and O–H groups in total. The maximum atomic E-state index is 6.13. The smallest absolute Gasteiger partial charge is 0.0342 e. The molecule has 0 spiro atoms. The van der Waals surface area contributed by atoms with E-state index in [-0.39, 0.29) is 0 Å². The Hall–Kier alpha value is -0.380. The molecule has 0 aliphatic carbocycles. The molecule has 0 aromatic heterocycles. The third-order valence-electron chi connectivity index (χ3n) is 3.84. The Morgan fingerprint density at radius 1 is 1.21 bits per heavy atom. The Bertz CT molecular complexity index is 362. The summed E-state index contributed by atoms with van der Waals surface area (Å²) in [4.78, 5) is 2.42. The van der Waals surface area contributed by atoms with Crippen LogP contribution >= 0.6 is 15.9 Å². The molecule has 0 radical (unpaired) electrons. The number of hydrogen-bond acceptors (Lipinski definition) is 2. The Morgan fingerprint density at radius 2 is 1.79 bits per heavy atom. The zero-order chi connectivity index (χ0) is 14.4. The van der Waals surface area contributed by atoms with Crippen LogP contribution in [0.15, 0.2) is 28.7 Å². The fourth-order valence-corrected chi connectivity index (χ4v) is 2.59. The number of hydrogen-bond donors (Lipinski definition) is 1. The van der Waals surface area contributed by atoms with Crippen LogP contribution in [0.1, 0.15) is 45.2 Å². The molecule has 3 heteroatoms. The standard InChI is InChI=1S/C16H27BrN2/c1-5-16(13-6-8-14(17)9-7-13)19(4)11-10-15(18)12(2)3/h6-9,12,15-16H,5,10-11,18H2,1-4H3. The summed E-state index contributed by atoms with van der Waals surface area (Å²) < 4.78 is 1.13. The summed E-state index contributed by atoms with van der Waals surface area (Å²) >= 11 is 3.49. The Kier molecular flexibility index (Phi) is 7.05. The maximum absolute atomic E-state index is 6.13. The van der Waals surface area contributed by atoms with Crippen LogP contribution in [0, 0.1) is 5.92 Å². The molecule has 0 heterocycles. The number of nitrogens with zero attached hydrogens (tertiary/aromatic N) is 1. The predicted octanol–water partition coefficient (Wildman–Crippen LogP) is 4.21. The van der Waals surface area contributed by atoms with Crippen LogP contribution in [0.5, 0.6) is 0 Å². The largest absolute Gasteiger partial charge is 0.327 e. The molecule has 108 valence electrons. The molecule has 0 aliphatic heterocycles. The second-order valence-electron chi connectivity index (χ2n) is 5.65. The zero-order valence-corrected chi connectivity index (χ0v) is 14.2. The Morgan fingerprint density at radius 3 is 2.26 bits per heavy atom. The summed E-state index contributed by atoms with van der Waals surface area (Å²) in [6.45, 7) is 7.67. The van der Waals surface area contributed by atoms with Crippen molar-refractivity contribution < 1.29 is 0 Å². The van der Waals surface area contributed by atoms with E-state index in [1.165, 1.54) is 5.56 Å². The van der Waals surface area contributed by atoms with Gasteiger partial charge in [-0.25, -0.2) is 0 Å². The monoisotopic (exact) mass is 326 g/mol. The predicted molar refractivity (Wildman–Crippen MR) is 87.2 cm³/mol. The van der Waals surface area contributed by atoms with E-state index in [0.717, 1.165) is 23.9 Å². The van der Waals surface area contributed by atoms with Gasteiger partial charge in [-0.3, -0.25) is 4.90 Å². The second-order valence-corrected chi connectivity index (χ2v) is 6.57. The van der Waals surface area contributed by atoms with Crippen molar-refractivity contribution in [1.29, 1.82) is 0 Å². The first kappa shape index (κ1) is 16.7. The van der Waals surface area contributed by atoms with Crippen molar-refractivity contribution in [2.24, 2.45) is 11.7 Å². The number of halogens is 1. The van der Waals surface area contributed by atoms with Gasteiger partial charge < -0.3 is 5.73 Å². The van der Waals surface area contributed by atoms with Gasteiger partial charge >= 0.3 is 0 Å². The lowest BCUT2D eigenvalue weighted by molar-refractivity contribution is 0.224. The third kappa shape index (κ3) is 5.25. The average molecular weight is 327 g/mol. The highest BCUT2D eigenvalue weighted by Gasteiger charge is 2.16. The summed E-state index contributed by atoms with van der Waals surface area (Å²) in [6, 6.07) is 9.42. The number of nitrogens with two attached hydrogens (primary N) is 1. The van der Waals surface area contributed by atoms with Gasteiger partial charge in [0.15, 0.2) is 0 Å². The molecule has 2 atom stereocenters. The molecule has 19 heavy (non-hydrogen) atoms. The van der Waals surface area contributed by atoms with Crippen molar-refractivity contribution in [2.75, 3.05) is 13.6 Å². The lowest BCUT2D eigenvalue weighted by Gasteiger charge is -2.29. The van der Waals surface area contributed by atoms with E-state index in [9.17, 15) is 0 Å². The van der Waals surface area contributed by atoms with Crippen LogP contribution in [0.4, 0.5) is 0 Å². The molecule has 0 aliphatic rings. The lowest BCUT2D eigenvalue weighted by Crippen LogP contribution is -2.33. The van der Waals surface area contributed by atoms with Gasteiger partial charge in [-0.15, -0.1) is 0 Å². The van der Waals surface area contributed by atoms with Crippen LogP contribution in [0.2, 0.25) is 0 Å². The van der Waals surface area contributed by atoms with Crippen LogP contribution in [-0.2, 0) is 0 Å². The van der Waals surface area contributed by atoms with Crippen molar-refractivity contribution >= 4 is 15.9 Å². The third-order valence-corrected chi connectivity index (χ3v) is 4.37. The Balaban J connectivity index is 2.61. The normalized spacial score (nSPS) is 14.9. The van der Waals surface area contributed by atoms with Crippen molar-refractivity contribution in [3.05, 3.63) is 34.3 Å². The second kappa shape index (κ2) is 8.03. The molecule has 0 saturated carbocycles. The van der Waals surface area contributed by atoms with Crippen molar-refractivity contribution in [3.63, 3.8) is 0 Å². The van der Waals surface area contributed by atoms with Gasteiger partial charge in [0.05, 0.1) is 0 Å². The highest BCUT2D eigenvalue weighted by Crippen LogP contribution is 2.24. The topological polar surface area (TPSA) is 29.3 Å². The molecule has 2 unspecified atom stereocenters. The maximum Gasteiger partial charge on any atom is 0.0342 e. The molecule has 2 nitrogen and oxygen atoms in total. The number of rotatable bonds is 7. The summed E-state index contributed by atoms with van der Waals surface area (Å²) in [5.74, 6) is 0.557. The minimum atomic E-state index is 0.296. The van der Waals surface area contributed by atoms with Crippen molar-refractivity contribution in [1.82, 2.24) is 4.90 Å². The molecule has 0 fully saturated rings. The van der Waals surface area contributed by atoms with Crippen molar-refractivity contribution in [2.45, 2.75) is 45.7 Å². The van der Waals surface area contributed by atoms with E-state index in [1.807, 2.05) is 0 Å². The highest BCUT2D eigenvalue weighted by atomic mass is 79.9. The first-order valence-corrected chi connectivity index (χ1v) is 7.96. The molecule has 0 saturated heterocycles. The fourth-order valence-electron chi connectivity index (χ4n) is 2.33. The van der Waals surface area contributed by atoms with Gasteiger partial charge in [-0.2, -0.15) is 0 Å². The van der Waals surface area contributed by atoms with E-state index in [2.05, 4.69) is 72.9 Å². The highest BCUT2D eigenvalue weighted by molar-refractivity contribution is 9.10. The van der Waals surface area contributed by atoms with Crippen LogP contribution in [0.3, 0.4) is 0 Å². The molecule has 1 aromatic carbocycles.